The van der Waals surface area contributed by atoms with Gasteiger partial charge in [0.1, 0.15) is 0 Å². The molecule has 0 saturated carbocycles. The topological polar surface area (TPSA) is 29.3 Å². The van der Waals surface area contributed by atoms with Crippen LogP contribution in [0, 0.1) is 0 Å². The molecular weight excluding hydrogens is 239 g/mol. The van der Waals surface area contributed by atoms with Crippen molar-refractivity contribution in [3.8, 4) is 0 Å². The van der Waals surface area contributed by atoms with E-state index in [2.05, 4.69) is 4.90 Å². The molecule has 0 aromatic carbocycles. The van der Waals surface area contributed by atoms with E-state index in [9.17, 15) is 0 Å². The van der Waals surface area contributed by atoms with Crippen LogP contribution in [0.3, 0.4) is 0 Å². The summed E-state index contributed by atoms with van der Waals surface area (Å²) in [7, 11) is 0. The van der Waals surface area contributed by atoms with Crippen LogP contribution in [-0.4, -0.2) is 24.0 Å². The molecule has 80 valence electrons. The fraction of sp³-hybridized carbons (Fsp3) is 0.556. The average Bonchev–Trinajstić information content (AvgIpc) is 2.62. The van der Waals surface area contributed by atoms with Gasteiger partial charge in [-0.3, -0.25) is 4.90 Å². The van der Waals surface area contributed by atoms with Gasteiger partial charge >= 0.3 is 0 Å². The van der Waals surface area contributed by atoms with Gasteiger partial charge in [-0.2, -0.15) is 0 Å². The molecule has 5 heteroatoms. The molecule has 14 heavy (non-hydrogen) atoms. The Morgan fingerprint density at radius 2 is 2.43 bits per heavy atom. The molecule has 1 aromatic heterocycles. The van der Waals surface area contributed by atoms with Crippen molar-refractivity contribution in [1.82, 2.24) is 4.90 Å². The van der Waals surface area contributed by atoms with Crippen molar-refractivity contribution in [2.24, 2.45) is 5.73 Å². The Labute approximate surface area is 99.4 Å². The average molecular weight is 253 g/mol. The van der Waals surface area contributed by atoms with Crippen LogP contribution in [0.2, 0.25) is 5.02 Å². The summed E-state index contributed by atoms with van der Waals surface area (Å²) in [6, 6.07) is 2.41. The maximum absolute atomic E-state index is 5.84. The molecule has 0 bridgehead atoms. The van der Waals surface area contributed by atoms with Gasteiger partial charge < -0.3 is 5.73 Å². The summed E-state index contributed by atoms with van der Waals surface area (Å²) >= 11 is 7.56. The highest BCUT2D eigenvalue weighted by atomic mass is 35.5. The molecule has 2 nitrogen and oxygen atoms in total. The Hall–Kier alpha value is 0.200. The molecular formula is C9H14Cl2N2S. The number of nitrogens with two attached hydrogens (primary N) is 1. The summed E-state index contributed by atoms with van der Waals surface area (Å²) in [4.78, 5) is 3.71. The normalized spacial score (nSPS) is 22.3. The highest BCUT2D eigenvalue weighted by Gasteiger charge is 2.19. The molecule has 1 unspecified atom stereocenters. The van der Waals surface area contributed by atoms with Crippen LogP contribution < -0.4 is 5.73 Å². The first-order valence-corrected chi connectivity index (χ1v) is 5.70. The molecule has 1 saturated heterocycles. The van der Waals surface area contributed by atoms with Crippen LogP contribution in [0.1, 0.15) is 11.3 Å². The standard InChI is InChI=1S/C9H13ClN2S.ClH/c10-7-3-9(13-6-7)5-12-2-1-8(11)4-12;/h3,6,8H,1-2,4-5,11H2;1H. The van der Waals surface area contributed by atoms with Gasteiger partial charge in [0.2, 0.25) is 0 Å². The van der Waals surface area contributed by atoms with E-state index in [1.165, 1.54) is 4.88 Å². The first-order valence-electron chi connectivity index (χ1n) is 4.45. The molecule has 0 spiro atoms. The summed E-state index contributed by atoms with van der Waals surface area (Å²) < 4.78 is 0. The number of halogens is 2. The van der Waals surface area contributed by atoms with E-state index in [4.69, 9.17) is 17.3 Å². The lowest BCUT2D eigenvalue weighted by atomic mass is 10.3. The zero-order chi connectivity index (χ0) is 9.26. The predicted molar refractivity (Wildman–Crippen MR) is 64.4 cm³/mol. The predicted octanol–water partition coefficient (Wildman–Crippen LogP) is 2.36. The van der Waals surface area contributed by atoms with Gasteiger partial charge in [-0.15, -0.1) is 23.7 Å². The van der Waals surface area contributed by atoms with Gasteiger partial charge in [-0.1, -0.05) is 11.6 Å². The van der Waals surface area contributed by atoms with Crippen molar-refractivity contribution in [3.63, 3.8) is 0 Å². The van der Waals surface area contributed by atoms with Gasteiger partial charge in [0.15, 0.2) is 0 Å². The van der Waals surface area contributed by atoms with Crippen LogP contribution in [0.5, 0.6) is 0 Å². The Balaban J connectivity index is 0.000000980. The quantitative estimate of drug-likeness (QED) is 0.876. The van der Waals surface area contributed by atoms with Gasteiger partial charge in [0.05, 0.1) is 5.02 Å². The second kappa shape index (κ2) is 5.33. The molecule has 0 amide bonds. The monoisotopic (exact) mass is 252 g/mol. The van der Waals surface area contributed by atoms with Crippen LogP contribution in [0.4, 0.5) is 0 Å². The molecule has 2 rings (SSSR count). The first-order chi connectivity index (χ1) is 6.24. The van der Waals surface area contributed by atoms with Gasteiger partial charge in [-0.25, -0.2) is 0 Å². The van der Waals surface area contributed by atoms with E-state index in [0.29, 0.717) is 6.04 Å². The third-order valence-corrected chi connectivity index (χ3v) is 3.58. The third kappa shape index (κ3) is 3.11. The minimum Gasteiger partial charge on any atom is -0.326 e. The van der Waals surface area contributed by atoms with Gasteiger partial charge in [0.25, 0.3) is 0 Å². The van der Waals surface area contributed by atoms with Crippen LogP contribution >= 0.6 is 35.3 Å². The molecule has 0 radical (unpaired) electrons. The van der Waals surface area contributed by atoms with E-state index in [1.807, 2.05) is 11.4 Å². The Morgan fingerprint density at radius 3 is 2.93 bits per heavy atom. The van der Waals surface area contributed by atoms with E-state index >= 15 is 0 Å². The minimum atomic E-state index is 0. The lowest BCUT2D eigenvalue weighted by molar-refractivity contribution is 0.330. The van der Waals surface area contributed by atoms with Crippen LogP contribution in [0.15, 0.2) is 11.4 Å². The van der Waals surface area contributed by atoms with Crippen molar-refractivity contribution < 1.29 is 0 Å². The Bertz CT molecular complexity index is 290. The van der Waals surface area contributed by atoms with E-state index in [1.54, 1.807) is 11.3 Å². The number of hydrogen-bond acceptors (Lipinski definition) is 3. The van der Waals surface area contributed by atoms with Crippen molar-refractivity contribution in [1.29, 1.82) is 0 Å². The second-order valence-electron chi connectivity index (χ2n) is 3.52. The zero-order valence-corrected chi connectivity index (χ0v) is 10.2. The SMILES string of the molecule is Cl.NC1CCN(Cc2cc(Cl)cs2)C1. The highest BCUT2D eigenvalue weighted by Crippen LogP contribution is 2.21. The lowest BCUT2D eigenvalue weighted by Crippen LogP contribution is -2.25. The molecule has 2 heterocycles. The van der Waals surface area contributed by atoms with Crippen LogP contribution in [-0.2, 0) is 6.54 Å². The van der Waals surface area contributed by atoms with E-state index < -0.39 is 0 Å². The number of likely N-dealkylation sites (tertiary alicyclic amines) is 1. The minimum absolute atomic E-state index is 0. The maximum atomic E-state index is 5.84. The molecule has 1 aliphatic heterocycles. The van der Waals surface area contributed by atoms with Crippen molar-refractivity contribution in [2.75, 3.05) is 13.1 Å². The number of hydrogen-bond donors (Lipinski definition) is 1. The molecule has 1 atom stereocenters. The van der Waals surface area contributed by atoms with Crippen molar-refractivity contribution in [3.05, 3.63) is 21.3 Å². The van der Waals surface area contributed by atoms with Gasteiger partial charge in [0, 0.05) is 35.9 Å². The summed E-state index contributed by atoms with van der Waals surface area (Å²) in [6.07, 6.45) is 1.12. The largest absolute Gasteiger partial charge is 0.326 e. The number of nitrogens with zero attached hydrogens (tertiary/aromatic N) is 1. The summed E-state index contributed by atoms with van der Waals surface area (Å²) in [5.74, 6) is 0. The zero-order valence-electron chi connectivity index (χ0n) is 7.78. The highest BCUT2D eigenvalue weighted by molar-refractivity contribution is 7.10. The van der Waals surface area contributed by atoms with Gasteiger partial charge in [-0.05, 0) is 12.5 Å². The summed E-state index contributed by atoms with van der Waals surface area (Å²) in [5, 5.41) is 2.83. The molecule has 1 fully saturated rings. The molecule has 1 aromatic rings. The summed E-state index contributed by atoms with van der Waals surface area (Å²) in [6.45, 7) is 3.15. The summed E-state index contributed by atoms with van der Waals surface area (Å²) in [5.41, 5.74) is 5.82. The molecule has 0 aliphatic carbocycles. The van der Waals surface area contributed by atoms with Crippen LogP contribution in [0.25, 0.3) is 0 Å². The van der Waals surface area contributed by atoms with E-state index in [0.717, 1.165) is 31.1 Å². The molecule has 2 N–H and O–H groups in total. The Morgan fingerprint density at radius 1 is 1.64 bits per heavy atom. The lowest BCUT2D eigenvalue weighted by Gasteiger charge is -2.12. The smallest absolute Gasteiger partial charge is 0.0516 e. The number of thiophene rings is 1. The van der Waals surface area contributed by atoms with Crippen molar-refractivity contribution >= 4 is 35.3 Å². The fourth-order valence-corrected chi connectivity index (χ4v) is 2.78. The van der Waals surface area contributed by atoms with Crippen molar-refractivity contribution in [2.45, 2.75) is 19.0 Å². The Kier molecular flexibility index (Phi) is 4.67. The maximum Gasteiger partial charge on any atom is 0.0516 e. The second-order valence-corrected chi connectivity index (χ2v) is 4.95. The van der Waals surface area contributed by atoms with E-state index in [-0.39, 0.29) is 12.4 Å². The molecule has 1 aliphatic rings. The first kappa shape index (κ1) is 12.3. The fourth-order valence-electron chi connectivity index (χ4n) is 1.66. The third-order valence-electron chi connectivity index (χ3n) is 2.31. The number of rotatable bonds is 2.